The largest absolute Gasteiger partial charge is 0.378 e. The maximum absolute atomic E-state index is 13.7. The van der Waals surface area contributed by atoms with Crippen LogP contribution >= 0.6 is 0 Å². The fraction of sp³-hybridized carbons (Fsp3) is 0.423. The molecule has 2 heterocycles. The van der Waals surface area contributed by atoms with E-state index in [0.717, 1.165) is 17.7 Å². The first kappa shape index (κ1) is 23.0. The molecule has 1 saturated heterocycles. The predicted octanol–water partition coefficient (Wildman–Crippen LogP) is 3.62. The van der Waals surface area contributed by atoms with Crippen LogP contribution in [0.4, 0.5) is 5.95 Å². The Balaban J connectivity index is 1.81. The molecule has 1 N–H and O–H groups in total. The zero-order valence-corrected chi connectivity index (χ0v) is 19.9. The first-order valence-corrected chi connectivity index (χ1v) is 11.6. The molecule has 2 aromatic carbocycles. The number of hydrogen-bond donors (Lipinski definition) is 1. The predicted molar refractivity (Wildman–Crippen MR) is 132 cm³/mol. The summed E-state index contributed by atoms with van der Waals surface area (Å²) in [6.45, 7) is 11.4. The molecule has 3 aromatic rings. The fourth-order valence-corrected chi connectivity index (χ4v) is 3.96. The van der Waals surface area contributed by atoms with E-state index in [2.05, 4.69) is 31.0 Å². The third kappa shape index (κ3) is 4.93. The average molecular weight is 449 g/mol. The van der Waals surface area contributed by atoms with Crippen LogP contribution in [0.5, 0.6) is 0 Å². The smallest absolute Gasteiger partial charge is 0.267 e. The van der Waals surface area contributed by atoms with E-state index < -0.39 is 0 Å². The zero-order valence-electron chi connectivity index (χ0n) is 19.9. The van der Waals surface area contributed by atoms with Crippen molar-refractivity contribution in [2.45, 2.75) is 34.1 Å². The van der Waals surface area contributed by atoms with Crippen LogP contribution in [0.15, 0.2) is 41.2 Å². The van der Waals surface area contributed by atoms with E-state index in [9.17, 15) is 9.59 Å². The Hall–Kier alpha value is -3.19. The lowest BCUT2D eigenvalue weighted by Crippen LogP contribution is -2.40. The van der Waals surface area contributed by atoms with Gasteiger partial charge >= 0.3 is 0 Å². The Morgan fingerprint density at radius 1 is 1.09 bits per heavy atom. The monoisotopic (exact) mass is 448 g/mol. The molecular weight excluding hydrogens is 416 g/mol. The number of aryl methyl sites for hydroxylation is 2. The van der Waals surface area contributed by atoms with Crippen molar-refractivity contribution in [2.75, 3.05) is 37.7 Å². The van der Waals surface area contributed by atoms with Crippen LogP contribution in [0.2, 0.25) is 0 Å². The molecule has 1 fully saturated rings. The van der Waals surface area contributed by atoms with Crippen LogP contribution < -0.4 is 15.8 Å². The number of hydrogen-bond acceptors (Lipinski definition) is 5. The summed E-state index contributed by atoms with van der Waals surface area (Å²) < 4.78 is 7.20. The van der Waals surface area contributed by atoms with Gasteiger partial charge in [0.05, 0.1) is 29.8 Å². The number of rotatable bonds is 6. The van der Waals surface area contributed by atoms with Crippen molar-refractivity contribution in [3.05, 3.63) is 63.4 Å². The van der Waals surface area contributed by atoms with Gasteiger partial charge in [-0.25, -0.2) is 9.55 Å². The van der Waals surface area contributed by atoms with Gasteiger partial charge in [0, 0.05) is 25.2 Å². The highest BCUT2D eigenvalue weighted by molar-refractivity contribution is 5.97. The number of carbonyl (C=O) groups is 1. The Bertz CT molecular complexity index is 1230. The van der Waals surface area contributed by atoms with Gasteiger partial charge in [0.2, 0.25) is 5.95 Å². The van der Waals surface area contributed by atoms with Crippen LogP contribution in [0.25, 0.3) is 16.6 Å². The molecule has 33 heavy (non-hydrogen) atoms. The molecule has 4 rings (SSSR count). The molecule has 7 heteroatoms. The Labute approximate surface area is 194 Å². The fourth-order valence-electron chi connectivity index (χ4n) is 3.96. The lowest BCUT2D eigenvalue weighted by atomic mass is 10.1. The van der Waals surface area contributed by atoms with E-state index in [1.807, 2.05) is 25.1 Å². The number of nitrogens with zero attached hydrogens (tertiary/aromatic N) is 3. The minimum absolute atomic E-state index is 0.142. The molecular formula is C26H32N4O3. The average Bonchev–Trinajstić information content (AvgIpc) is 2.81. The first-order chi connectivity index (χ1) is 15.8. The number of amides is 1. The molecule has 0 saturated carbocycles. The molecule has 7 nitrogen and oxygen atoms in total. The normalized spacial score (nSPS) is 14.2. The Morgan fingerprint density at radius 3 is 2.55 bits per heavy atom. The molecule has 174 valence electrons. The minimum atomic E-state index is -0.148. The van der Waals surface area contributed by atoms with Crippen molar-refractivity contribution in [1.82, 2.24) is 14.9 Å². The van der Waals surface area contributed by atoms with Crippen molar-refractivity contribution in [3.8, 4) is 5.69 Å². The van der Waals surface area contributed by atoms with Gasteiger partial charge in [-0.1, -0.05) is 19.9 Å². The molecule has 0 atom stereocenters. The number of anilines is 1. The molecule has 0 bridgehead atoms. The maximum Gasteiger partial charge on any atom is 0.267 e. The van der Waals surface area contributed by atoms with Crippen molar-refractivity contribution in [1.29, 1.82) is 0 Å². The molecule has 1 aliphatic rings. The summed E-state index contributed by atoms with van der Waals surface area (Å²) in [5.74, 6) is 0.950. The molecule has 1 amide bonds. The van der Waals surface area contributed by atoms with Gasteiger partial charge in [-0.3, -0.25) is 9.59 Å². The van der Waals surface area contributed by atoms with Gasteiger partial charge in [-0.05, 0) is 67.6 Å². The number of aromatic nitrogens is 2. The van der Waals surface area contributed by atoms with Gasteiger partial charge in [-0.15, -0.1) is 0 Å². The van der Waals surface area contributed by atoms with Crippen LogP contribution in [-0.4, -0.2) is 48.3 Å². The lowest BCUT2D eigenvalue weighted by molar-refractivity contribution is 0.0952. The second-order valence-corrected chi connectivity index (χ2v) is 9.09. The second-order valence-electron chi connectivity index (χ2n) is 9.09. The number of carbonyl (C=O) groups excluding carboxylic acids is 1. The SMILES string of the molecule is Cc1ccc(-n2c(N3CCOCC3)nc3cc(C(=O)NCCC(C)C)ccc3c2=O)cc1C. The van der Waals surface area contributed by atoms with Gasteiger partial charge in [0.25, 0.3) is 11.5 Å². The number of fused-ring (bicyclic) bond motifs is 1. The van der Waals surface area contributed by atoms with Crippen LogP contribution in [0, 0.1) is 19.8 Å². The van der Waals surface area contributed by atoms with E-state index >= 15 is 0 Å². The molecule has 0 aliphatic carbocycles. The highest BCUT2D eigenvalue weighted by atomic mass is 16.5. The number of nitrogens with one attached hydrogen (secondary N) is 1. The topological polar surface area (TPSA) is 76.5 Å². The summed E-state index contributed by atoms with van der Waals surface area (Å²) in [4.78, 5) is 33.3. The van der Waals surface area contributed by atoms with E-state index in [1.165, 1.54) is 5.56 Å². The van der Waals surface area contributed by atoms with Crippen LogP contribution in [0.1, 0.15) is 41.8 Å². The molecule has 1 aliphatic heterocycles. The summed E-state index contributed by atoms with van der Waals surface area (Å²) in [7, 11) is 0. The zero-order chi connectivity index (χ0) is 23.5. The Kier molecular flexibility index (Phi) is 6.79. The van der Waals surface area contributed by atoms with Crippen molar-refractivity contribution in [3.63, 3.8) is 0 Å². The quantitative estimate of drug-likeness (QED) is 0.623. The van der Waals surface area contributed by atoms with Gasteiger partial charge < -0.3 is 15.0 Å². The van der Waals surface area contributed by atoms with Crippen molar-refractivity contribution in [2.24, 2.45) is 5.92 Å². The molecule has 1 aromatic heterocycles. The molecule has 0 radical (unpaired) electrons. The van der Waals surface area contributed by atoms with Crippen LogP contribution in [-0.2, 0) is 4.74 Å². The summed E-state index contributed by atoms with van der Waals surface area (Å²) in [6, 6.07) is 11.1. The van der Waals surface area contributed by atoms with E-state index in [1.54, 1.807) is 22.8 Å². The minimum Gasteiger partial charge on any atom is -0.378 e. The lowest BCUT2D eigenvalue weighted by Gasteiger charge is -2.30. The number of morpholine rings is 1. The molecule has 0 unspecified atom stereocenters. The summed E-state index contributed by atoms with van der Waals surface area (Å²) in [6.07, 6.45) is 0.916. The van der Waals surface area contributed by atoms with Gasteiger partial charge in [0.15, 0.2) is 0 Å². The van der Waals surface area contributed by atoms with Gasteiger partial charge in [0.1, 0.15) is 0 Å². The first-order valence-electron chi connectivity index (χ1n) is 11.6. The summed E-state index contributed by atoms with van der Waals surface area (Å²) in [5.41, 5.74) is 3.96. The highest BCUT2D eigenvalue weighted by Crippen LogP contribution is 2.23. The molecule has 0 spiro atoms. The number of ether oxygens (including phenoxy) is 1. The third-order valence-corrected chi connectivity index (χ3v) is 6.16. The highest BCUT2D eigenvalue weighted by Gasteiger charge is 2.21. The second kappa shape index (κ2) is 9.75. The number of benzene rings is 2. The van der Waals surface area contributed by atoms with Crippen molar-refractivity contribution >= 4 is 22.8 Å². The van der Waals surface area contributed by atoms with E-state index in [-0.39, 0.29) is 11.5 Å². The van der Waals surface area contributed by atoms with E-state index in [0.29, 0.717) is 61.2 Å². The summed E-state index contributed by atoms with van der Waals surface area (Å²) >= 11 is 0. The standard InChI is InChI=1S/C26H32N4O3/c1-17(2)9-10-27-24(31)20-6-8-22-23(16-20)28-26(29-11-13-33-14-12-29)30(25(22)32)21-7-5-18(3)19(4)15-21/h5-8,15-17H,9-14H2,1-4H3,(H,27,31). The maximum atomic E-state index is 13.7. The summed E-state index contributed by atoms with van der Waals surface area (Å²) in [5, 5.41) is 3.45. The Morgan fingerprint density at radius 2 is 1.85 bits per heavy atom. The third-order valence-electron chi connectivity index (χ3n) is 6.16. The van der Waals surface area contributed by atoms with Crippen LogP contribution in [0.3, 0.4) is 0 Å². The van der Waals surface area contributed by atoms with Crippen molar-refractivity contribution < 1.29 is 9.53 Å². The van der Waals surface area contributed by atoms with Gasteiger partial charge in [-0.2, -0.15) is 0 Å². The van der Waals surface area contributed by atoms with E-state index in [4.69, 9.17) is 9.72 Å².